The molecule has 6 nitrogen and oxygen atoms in total. The zero-order valence-electron chi connectivity index (χ0n) is 12.0. The molecular weight excluding hydrogens is 272 g/mol. The van der Waals surface area contributed by atoms with E-state index >= 15 is 0 Å². The van der Waals surface area contributed by atoms with Crippen LogP contribution in [0.3, 0.4) is 0 Å². The first-order chi connectivity index (χ1) is 10.1. The molecule has 1 atom stereocenters. The summed E-state index contributed by atoms with van der Waals surface area (Å²) in [7, 11) is 1.58. The van der Waals surface area contributed by atoms with Gasteiger partial charge in [-0.15, -0.1) is 0 Å². The second-order valence-electron chi connectivity index (χ2n) is 5.08. The smallest absolute Gasteiger partial charge is 0.229 e. The van der Waals surface area contributed by atoms with Crippen LogP contribution in [0.15, 0.2) is 24.3 Å². The number of carbonyl (C=O) groups excluding carboxylic acids is 2. The molecule has 1 aromatic rings. The van der Waals surface area contributed by atoms with Crippen molar-refractivity contribution in [3.63, 3.8) is 0 Å². The van der Waals surface area contributed by atoms with Crippen LogP contribution in [0.1, 0.15) is 12.0 Å². The maximum atomic E-state index is 12.2. The zero-order chi connectivity index (χ0) is 15.2. The van der Waals surface area contributed by atoms with E-state index in [0.29, 0.717) is 25.4 Å². The summed E-state index contributed by atoms with van der Waals surface area (Å²) in [5, 5.41) is 11.8. The third kappa shape index (κ3) is 4.03. The van der Waals surface area contributed by atoms with Crippen molar-refractivity contribution in [2.75, 3.05) is 32.1 Å². The van der Waals surface area contributed by atoms with E-state index in [1.807, 2.05) is 0 Å². The van der Waals surface area contributed by atoms with Gasteiger partial charge >= 0.3 is 0 Å². The quantitative estimate of drug-likeness (QED) is 0.805. The summed E-state index contributed by atoms with van der Waals surface area (Å²) in [4.78, 5) is 25.6. The van der Waals surface area contributed by atoms with Gasteiger partial charge in [-0.25, -0.2) is 0 Å². The van der Waals surface area contributed by atoms with Gasteiger partial charge in [-0.2, -0.15) is 0 Å². The molecule has 2 amide bonds. The van der Waals surface area contributed by atoms with Crippen LogP contribution in [0.2, 0.25) is 0 Å². The number of nitrogens with zero attached hydrogens (tertiary/aromatic N) is 1. The predicted molar refractivity (Wildman–Crippen MR) is 77.6 cm³/mol. The molecule has 0 spiro atoms. The van der Waals surface area contributed by atoms with E-state index in [4.69, 9.17) is 9.84 Å². The summed E-state index contributed by atoms with van der Waals surface area (Å²) in [6.07, 6.45) is 0.240. The van der Waals surface area contributed by atoms with Crippen LogP contribution >= 0.6 is 0 Å². The van der Waals surface area contributed by atoms with Crippen LogP contribution in [0.25, 0.3) is 0 Å². The van der Waals surface area contributed by atoms with Crippen molar-refractivity contribution in [3.05, 3.63) is 29.8 Å². The second-order valence-corrected chi connectivity index (χ2v) is 5.08. The number of methoxy groups -OCH3 is 1. The van der Waals surface area contributed by atoms with Crippen LogP contribution in [0, 0.1) is 5.92 Å². The monoisotopic (exact) mass is 292 g/mol. The SMILES string of the molecule is COCCN1CC(C(=O)Nc2ccc(CO)cc2)CC1=O. The van der Waals surface area contributed by atoms with Gasteiger partial charge in [-0.1, -0.05) is 12.1 Å². The first-order valence-corrected chi connectivity index (χ1v) is 6.91. The molecule has 1 heterocycles. The molecule has 6 heteroatoms. The van der Waals surface area contributed by atoms with E-state index in [1.54, 1.807) is 36.3 Å². The number of aliphatic hydroxyl groups is 1. The van der Waals surface area contributed by atoms with Gasteiger partial charge < -0.3 is 20.1 Å². The van der Waals surface area contributed by atoms with Gasteiger partial charge in [0.2, 0.25) is 11.8 Å². The molecule has 1 unspecified atom stereocenters. The molecular formula is C15H20N2O4. The molecule has 114 valence electrons. The Morgan fingerprint density at radius 1 is 1.43 bits per heavy atom. The zero-order valence-corrected chi connectivity index (χ0v) is 12.0. The number of benzene rings is 1. The highest BCUT2D eigenvalue weighted by atomic mass is 16.5. The van der Waals surface area contributed by atoms with Crippen molar-refractivity contribution >= 4 is 17.5 Å². The third-order valence-electron chi connectivity index (χ3n) is 3.55. The van der Waals surface area contributed by atoms with E-state index in [0.717, 1.165) is 5.56 Å². The number of rotatable bonds is 6. The molecule has 2 N–H and O–H groups in total. The van der Waals surface area contributed by atoms with Crippen molar-refractivity contribution in [1.29, 1.82) is 0 Å². The summed E-state index contributed by atoms with van der Waals surface area (Å²) in [5.74, 6) is -0.491. The Morgan fingerprint density at radius 2 is 2.14 bits per heavy atom. The van der Waals surface area contributed by atoms with E-state index in [-0.39, 0.29) is 30.8 Å². The fourth-order valence-electron chi connectivity index (χ4n) is 2.30. The summed E-state index contributed by atoms with van der Waals surface area (Å²) >= 11 is 0. The number of nitrogens with one attached hydrogen (secondary N) is 1. The summed E-state index contributed by atoms with van der Waals surface area (Å²) < 4.78 is 4.95. The van der Waals surface area contributed by atoms with E-state index in [9.17, 15) is 9.59 Å². The number of ether oxygens (including phenoxy) is 1. The highest BCUT2D eigenvalue weighted by Crippen LogP contribution is 2.20. The van der Waals surface area contributed by atoms with E-state index in [2.05, 4.69) is 5.32 Å². The standard InChI is InChI=1S/C15H20N2O4/c1-21-7-6-17-9-12(8-14(17)19)15(20)16-13-4-2-11(10-18)3-5-13/h2-5,12,18H,6-10H2,1H3,(H,16,20). The van der Waals surface area contributed by atoms with Gasteiger partial charge in [0.05, 0.1) is 19.1 Å². The highest BCUT2D eigenvalue weighted by Gasteiger charge is 2.33. The first-order valence-electron chi connectivity index (χ1n) is 6.91. The van der Waals surface area contributed by atoms with Gasteiger partial charge in [-0.05, 0) is 17.7 Å². The number of amides is 2. The van der Waals surface area contributed by atoms with E-state index < -0.39 is 0 Å². The van der Waals surface area contributed by atoms with Gasteiger partial charge in [0.1, 0.15) is 0 Å². The Kier molecular flexibility index (Phi) is 5.30. The van der Waals surface area contributed by atoms with Crippen molar-refractivity contribution in [3.8, 4) is 0 Å². The summed E-state index contributed by atoms with van der Waals surface area (Å²) in [6, 6.07) is 6.98. The molecule has 0 aromatic heterocycles. The molecule has 1 saturated heterocycles. The van der Waals surface area contributed by atoms with Crippen LogP contribution in [0.4, 0.5) is 5.69 Å². The van der Waals surface area contributed by atoms with Crippen LogP contribution in [-0.4, -0.2) is 48.6 Å². The number of hydrogen-bond donors (Lipinski definition) is 2. The Balaban J connectivity index is 1.90. The molecule has 0 radical (unpaired) electrons. The average Bonchev–Trinajstić information content (AvgIpc) is 2.87. The topological polar surface area (TPSA) is 78.9 Å². The van der Waals surface area contributed by atoms with Crippen LogP contribution in [-0.2, 0) is 20.9 Å². The van der Waals surface area contributed by atoms with Crippen molar-refractivity contribution in [2.45, 2.75) is 13.0 Å². The van der Waals surface area contributed by atoms with Crippen LogP contribution < -0.4 is 5.32 Å². The second kappa shape index (κ2) is 7.19. The minimum absolute atomic E-state index is 0.0113. The van der Waals surface area contributed by atoms with Gasteiger partial charge in [0, 0.05) is 32.3 Å². The molecule has 1 fully saturated rings. The minimum atomic E-state index is -0.327. The van der Waals surface area contributed by atoms with Gasteiger partial charge in [-0.3, -0.25) is 9.59 Å². The number of likely N-dealkylation sites (tertiary alicyclic amines) is 1. The summed E-state index contributed by atoms with van der Waals surface area (Å²) in [6.45, 7) is 1.40. The highest BCUT2D eigenvalue weighted by molar-refractivity contribution is 5.97. The molecule has 1 aliphatic heterocycles. The number of carbonyl (C=O) groups is 2. The normalized spacial score (nSPS) is 18.1. The Hall–Kier alpha value is -1.92. The molecule has 0 bridgehead atoms. The average molecular weight is 292 g/mol. The third-order valence-corrected chi connectivity index (χ3v) is 3.55. The lowest BCUT2D eigenvalue weighted by Crippen LogP contribution is -2.30. The molecule has 1 aromatic carbocycles. The number of aliphatic hydroxyl groups excluding tert-OH is 1. The molecule has 0 saturated carbocycles. The Bertz CT molecular complexity index is 501. The van der Waals surface area contributed by atoms with Crippen molar-refractivity contribution in [2.24, 2.45) is 5.92 Å². The molecule has 0 aliphatic carbocycles. The number of hydrogen-bond acceptors (Lipinski definition) is 4. The first kappa shape index (κ1) is 15.5. The maximum absolute atomic E-state index is 12.2. The molecule has 21 heavy (non-hydrogen) atoms. The Morgan fingerprint density at radius 3 is 2.76 bits per heavy atom. The predicted octanol–water partition coefficient (Wildman–Crippen LogP) is 0.612. The fraction of sp³-hybridized carbons (Fsp3) is 0.467. The van der Waals surface area contributed by atoms with Crippen LogP contribution in [0.5, 0.6) is 0 Å². The Labute approximate surface area is 123 Å². The van der Waals surface area contributed by atoms with Gasteiger partial charge in [0.15, 0.2) is 0 Å². The minimum Gasteiger partial charge on any atom is -0.392 e. The maximum Gasteiger partial charge on any atom is 0.229 e. The van der Waals surface area contributed by atoms with Crippen molar-refractivity contribution < 1.29 is 19.4 Å². The molecule has 2 rings (SSSR count). The molecule has 1 aliphatic rings. The lowest BCUT2D eigenvalue weighted by molar-refractivity contribution is -0.128. The lowest BCUT2D eigenvalue weighted by Gasteiger charge is -2.15. The van der Waals surface area contributed by atoms with E-state index in [1.165, 1.54) is 0 Å². The fourth-order valence-corrected chi connectivity index (χ4v) is 2.30. The van der Waals surface area contributed by atoms with Gasteiger partial charge in [0.25, 0.3) is 0 Å². The largest absolute Gasteiger partial charge is 0.392 e. The lowest BCUT2D eigenvalue weighted by atomic mass is 10.1. The number of anilines is 1. The summed E-state index contributed by atoms with van der Waals surface area (Å²) in [5.41, 5.74) is 1.45. The van der Waals surface area contributed by atoms with Crippen molar-refractivity contribution in [1.82, 2.24) is 4.90 Å².